The molecule has 0 saturated heterocycles. The lowest BCUT2D eigenvalue weighted by atomic mass is 10.1. The van der Waals surface area contributed by atoms with Gasteiger partial charge in [0, 0.05) is 24.3 Å². The molecule has 0 aliphatic carbocycles. The molecule has 0 aromatic heterocycles. The molecule has 0 radical (unpaired) electrons. The van der Waals surface area contributed by atoms with Crippen LogP contribution in [0.1, 0.15) is 36.9 Å². The number of aliphatic carboxylic acids is 1. The Labute approximate surface area is 168 Å². The average molecular weight is 403 g/mol. The number of carbonyl (C=O) groups excluding carboxylic acids is 2. The second-order valence-corrected chi connectivity index (χ2v) is 6.93. The summed E-state index contributed by atoms with van der Waals surface area (Å²) in [6, 6.07) is 15.0. The molecule has 0 spiro atoms. The summed E-state index contributed by atoms with van der Waals surface area (Å²) in [5.74, 6) is -1.90. The van der Waals surface area contributed by atoms with Gasteiger partial charge in [-0.05, 0) is 30.2 Å². The minimum Gasteiger partial charge on any atom is -0.480 e. The van der Waals surface area contributed by atoms with Crippen molar-refractivity contribution in [3.05, 3.63) is 70.7 Å². The second kappa shape index (κ2) is 10.5. The zero-order chi connectivity index (χ0) is 20.5. The van der Waals surface area contributed by atoms with Crippen LogP contribution in [0.4, 0.5) is 0 Å². The van der Waals surface area contributed by atoms with Crippen molar-refractivity contribution in [1.82, 2.24) is 10.6 Å². The van der Waals surface area contributed by atoms with Crippen LogP contribution in [0.2, 0.25) is 5.02 Å². The first-order chi connectivity index (χ1) is 13.3. The van der Waals surface area contributed by atoms with Gasteiger partial charge in [0.1, 0.15) is 6.04 Å². The van der Waals surface area contributed by atoms with E-state index in [0.717, 1.165) is 5.56 Å². The first-order valence-corrected chi connectivity index (χ1v) is 9.34. The van der Waals surface area contributed by atoms with E-state index in [9.17, 15) is 19.5 Å². The molecule has 2 atom stereocenters. The van der Waals surface area contributed by atoms with E-state index < -0.39 is 17.9 Å². The van der Waals surface area contributed by atoms with Crippen molar-refractivity contribution in [3.8, 4) is 0 Å². The van der Waals surface area contributed by atoms with Crippen molar-refractivity contribution in [2.45, 2.75) is 38.3 Å². The molecule has 0 unspecified atom stereocenters. The molecule has 28 heavy (non-hydrogen) atoms. The predicted molar refractivity (Wildman–Crippen MR) is 107 cm³/mol. The lowest BCUT2D eigenvalue weighted by Crippen LogP contribution is -2.42. The Bertz CT molecular complexity index is 826. The largest absolute Gasteiger partial charge is 0.480 e. The topological polar surface area (TPSA) is 95.5 Å². The van der Waals surface area contributed by atoms with Crippen LogP contribution < -0.4 is 10.6 Å². The summed E-state index contributed by atoms with van der Waals surface area (Å²) >= 11 is 5.90. The van der Waals surface area contributed by atoms with Crippen molar-refractivity contribution in [1.29, 1.82) is 0 Å². The van der Waals surface area contributed by atoms with E-state index in [4.69, 9.17) is 11.6 Å². The molecule has 2 amide bonds. The lowest BCUT2D eigenvalue weighted by molar-refractivity contribution is -0.141. The third-order valence-corrected chi connectivity index (χ3v) is 4.45. The van der Waals surface area contributed by atoms with E-state index in [1.807, 2.05) is 37.3 Å². The van der Waals surface area contributed by atoms with Gasteiger partial charge in [-0.3, -0.25) is 9.59 Å². The van der Waals surface area contributed by atoms with Crippen LogP contribution in [0.15, 0.2) is 54.6 Å². The van der Waals surface area contributed by atoms with E-state index >= 15 is 0 Å². The highest BCUT2D eigenvalue weighted by Gasteiger charge is 2.21. The number of nitrogens with one attached hydrogen (secondary N) is 2. The van der Waals surface area contributed by atoms with Crippen LogP contribution in [-0.2, 0) is 20.8 Å². The number of halogens is 1. The van der Waals surface area contributed by atoms with Crippen LogP contribution in [0, 0.1) is 0 Å². The Balaban J connectivity index is 1.82. The fourth-order valence-electron chi connectivity index (χ4n) is 2.73. The third kappa shape index (κ3) is 7.04. The molecular formula is C21H23ClN2O4. The normalized spacial score (nSPS) is 12.6. The van der Waals surface area contributed by atoms with Gasteiger partial charge in [0.05, 0.1) is 6.04 Å². The minimum absolute atomic E-state index is 0.0213. The zero-order valence-electron chi connectivity index (χ0n) is 15.5. The SMILES string of the molecule is C[C@@H](NC(=O)CCC(=O)N[C@@H](Cc1cccc(Cl)c1)C(=O)O)c1ccccc1. The van der Waals surface area contributed by atoms with Gasteiger partial charge in [-0.15, -0.1) is 0 Å². The molecule has 3 N–H and O–H groups in total. The molecule has 0 bridgehead atoms. The summed E-state index contributed by atoms with van der Waals surface area (Å²) in [5.41, 5.74) is 1.67. The number of amides is 2. The number of rotatable bonds is 9. The molecule has 2 aromatic carbocycles. The smallest absolute Gasteiger partial charge is 0.326 e. The molecule has 148 valence electrons. The maximum atomic E-state index is 12.1. The summed E-state index contributed by atoms with van der Waals surface area (Å²) in [4.78, 5) is 35.6. The number of hydrogen-bond donors (Lipinski definition) is 3. The van der Waals surface area contributed by atoms with Crippen molar-refractivity contribution < 1.29 is 19.5 Å². The highest BCUT2D eigenvalue weighted by Crippen LogP contribution is 2.13. The number of carbonyl (C=O) groups is 3. The van der Waals surface area contributed by atoms with Crippen molar-refractivity contribution in [2.24, 2.45) is 0 Å². The van der Waals surface area contributed by atoms with Crippen LogP contribution in [0.3, 0.4) is 0 Å². The Kier molecular flexibility index (Phi) is 8.02. The number of carboxylic acids is 1. The highest BCUT2D eigenvalue weighted by molar-refractivity contribution is 6.30. The van der Waals surface area contributed by atoms with Gasteiger partial charge in [0.2, 0.25) is 11.8 Å². The number of carboxylic acid groups (broad SMARTS) is 1. The summed E-state index contributed by atoms with van der Waals surface area (Å²) < 4.78 is 0. The fourth-order valence-corrected chi connectivity index (χ4v) is 2.94. The summed E-state index contributed by atoms with van der Waals surface area (Å²) in [6.07, 6.45) is -0.00193. The zero-order valence-corrected chi connectivity index (χ0v) is 16.3. The fraction of sp³-hybridized carbons (Fsp3) is 0.286. The summed E-state index contributed by atoms with van der Waals surface area (Å²) in [5, 5.41) is 15.1. The van der Waals surface area contributed by atoms with E-state index in [-0.39, 0.29) is 31.2 Å². The van der Waals surface area contributed by atoms with Crippen LogP contribution in [0.5, 0.6) is 0 Å². The van der Waals surface area contributed by atoms with Gasteiger partial charge in [-0.25, -0.2) is 4.79 Å². The standard InChI is InChI=1S/C21H23ClN2O4/c1-14(16-7-3-2-4-8-16)23-19(25)10-11-20(26)24-18(21(27)28)13-15-6-5-9-17(22)12-15/h2-9,12,14,18H,10-11,13H2,1H3,(H,23,25)(H,24,26)(H,27,28)/t14-,18+/m1/s1. The van der Waals surface area contributed by atoms with Gasteiger partial charge in [0.15, 0.2) is 0 Å². The molecule has 6 nitrogen and oxygen atoms in total. The van der Waals surface area contributed by atoms with Crippen LogP contribution in [-0.4, -0.2) is 28.9 Å². The molecule has 0 saturated carbocycles. The predicted octanol–water partition coefficient (Wildman–Crippen LogP) is 3.11. The lowest BCUT2D eigenvalue weighted by Gasteiger charge is -2.16. The van der Waals surface area contributed by atoms with Crippen LogP contribution in [0.25, 0.3) is 0 Å². The quantitative estimate of drug-likeness (QED) is 0.600. The third-order valence-electron chi connectivity index (χ3n) is 4.22. The highest BCUT2D eigenvalue weighted by atomic mass is 35.5. The number of hydrogen-bond acceptors (Lipinski definition) is 3. The maximum absolute atomic E-state index is 12.1. The van der Waals surface area contributed by atoms with Crippen molar-refractivity contribution in [2.75, 3.05) is 0 Å². The van der Waals surface area contributed by atoms with Gasteiger partial charge in [-0.2, -0.15) is 0 Å². The summed E-state index contributed by atoms with van der Waals surface area (Å²) in [7, 11) is 0. The minimum atomic E-state index is -1.14. The van der Waals surface area contributed by atoms with Crippen molar-refractivity contribution in [3.63, 3.8) is 0 Å². The maximum Gasteiger partial charge on any atom is 0.326 e. The van der Waals surface area contributed by atoms with Crippen molar-refractivity contribution >= 4 is 29.4 Å². The molecule has 0 heterocycles. The first-order valence-electron chi connectivity index (χ1n) is 8.96. The Morgan fingerprint density at radius 2 is 1.61 bits per heavy atom. The monoisotopic (exact) mass is 402 g/mol. The second-order valence-electron chi connectivity index (χ2n) is 6.49. The first kappa shape index (κ1) is 21.4. The molecule has 2 aromatic rings. The van der Waals surface area contributed by atoms with Gasteiger partial charge < -0.3 is 15.7 Å². The van der Waals surface area contributed by atoms with Gasteiger partial charge in [-0.1, -0.05) is 54.1 Å². The molecular weight excluding hydrogens is 380 g/mol. The molecule has 7 heteroatoms. The average Bonchev–Trinajstić information content (AvgIpc) is 2.66. The molecule has 0 fully saturated rings. The Morgan fingerprint density at radius 1 is 0.964 bits per heavy atom. The van der Waals surface area contributed by atoms with Gasteiger partial charge >= 0.3 is 5.97 Å². The molecule has 0 aliphatic heterocycles. The van der Waals surface area contributed by atoms with E-state index in [1.54, 1.807) is 24.3 Å². The summed E-state index contributed by atoms with van der Waals surface area (Å²) in [6.45, 7) is 1.86. The van der Waals surface area contributed by atoms with E-state index in [0.29, 0.717) is 10.6 Å². The number of benzene rings is 2. The molecule has 0 aliphatic rings. The van der Waals surface area contributed by atoms with Gasteiger partial charge in [0.25, 0.3) is 0 Å². The molecule has 2 rings (SSSR count). The van der Waals surface area contributed by atoms with E-state index in [1.165, 1.54) is 0 Å². The van der Waals surface area contributed by atoms with Crippen LogP contribution >= 0.6 is 11.6 Å². The Hall–Kier alpha value is -2.86. The Morgan fingerprint density at radius 3 is 2.21 bits per heavy atom. The van der Waals surface area contributed by atoms with E-state index in [2.05, 4.69) is 10.6 Å².